The van der Waals surface area contributed by atoms with Gasteiger partial charge in [-0.25, -0.2) is 4.98 Å². The van der Waals surface area contributed by atoms with Crippen LogP contribution in [0.3, 0.4) is 0 Å². The number of hydrogen-bond acceptors (Lipinski definition) is 8. The van der Waals surface area contributed by atoms with Crippen molar-refractivity contribution < 1.29 is 4.79 Å². The number of carbonyl (C=O) groups is 1. The highest BCUT2D eigenvalue weighted by atomic mass is 32.2. The van der Waals surface area contributed by atoms with E-state index < -0.39 is 0 Å². The molecule has 4 rings (SSSR count). The first kappa shape index (κ1) is 20.5. The van der Waals surface area contributed by atoms with Gasteiger partial charge in [0.25, 0.3) is 0 Å². The van der Waals surface area contributed by atoms with Gasteiger partial charge in [-0.15, -0.1) is 21.5 Å². The molecule has 4 aromatic rings. The maximum atomic E-state index is 12.3. The molecule has 0 aliphatic rings. The summed E-state index contributed by atoms with van der Waals surface area (Å²) in [7, 11) is 0. The largest absolute Gasteiger partial charge is 0.330 e. The molecular weight excluding hydrogens is 434 g/mol. The number of thiazole rings is 1. The molecule has 0 atom stereocenters. The second-order valence-electron chi connectivity index (χ2n) is 6.60. The van der Waals surface area contributed by atoms with Crippen molar-refractivity contribution in [2.45, 2.75) is 18.2 Å². The van der Waals surface area contributed by atoms with E-state index in [1.807, 2.05) is 67.8 Å². The first-order valence-corrected chi connectivity index (χ1v) is 11.9. The van der Waals surface area contributed by atoms with Gasteiger partial charge in [0.1, 0.15) is 0 Å². The van der Waals surface area contributed by atoms with Crippen molar-refractivity contribution in [3.05, 3.63) is 65.0 Å². The van der Waals surface area contributed by atoms with Gasteiger partial charge in [-0.2, -0.15) is 0 Å². The lowest BCUT2D eigenvalue weighted by Crippen LogP contribution is -2.13. The van der Waals surface area contributed by atoms with Crippen LogP contribution in [0.1, 0.15) is 11.1 Å². The van der Waals surface area contributed by atoms with Crippen molar-refractivity contribution in [3.63, 3.8) is 0 Å². The number of aromatic nitrogens is 3. The number of aryl methyl sites for hydroxylation is 2. The molecule has 0 unspecified atom stereocenters. The molecule has 6 nitrogen and oxygen atoms in total. The van der Waals surface area contributed by atoms with Crippen molar-refractivity contribution in [1.29, 1.82) is 0 Å². The summed E-state index contributed by atoms with van der Waals surface area (Å²) in [6.07, 6.45) is 0. The van der Waals surface area contributed by atoms with E-state index in [2.05, 4.69) is 25.8 Å². The predicted molar refractivity (Wildman–Crippen MR) is 126 cm³/mol. The minimum Gasteiger partial charge on any atom is -0.330 e. The van der Waals surface area contributed by atoms with Crippen LogP contribution in [0.4, 0.5) is 16.0 Å². The summed E-state index contributed by atoms with van der Waals surface area (Å²) < 4.78 is 0.735. The van der Waals surface area contributed by atoms with Gasteiger partial charge in [-0.05, 0) is 26.0 Å². The second-order valence-corrected chi connectivity index (χ2v) is 9.66. The van der Waals surface area contributed by atoms with E-state index in [0.29, 0.717) is 10.3 Å². The molecule has 0 spiro atoms. The smallest absolute Gasteiger partial charge is 0.236 e. The molecule has 0 radical (unpaired) electrons. The zero-order valence-corrected chi connectivity index (χ0v) is 18.8. The van der Waals surface area contributed by atoms with E-state index in [9.17, 15) is 4.79 Å². The normalized spacial score (nSPS) is 10.7. The number of amides is 1. The van der Waals surface area contributed by atoms with Crippen molar-refractivity contribution in [3.8, 4) is 11.3 Å². The average molecular weight is 454 g/mol. The Morgan fingerprint density at radius 2 is 1.67 bits per heavy atom. The number of anilines is 3. The molecule has 0 aliphatic carbocycles. The fourth-order valence-corrected chi connectivity index (χ4v) is 4.86. The van der Waals surface area contributed by atoms with E-state index >= 15 is 0 Å². The lowest BCUT2D eigenvalue weighted by Gasteiger charge is -2.01. The molecule has 9 heteroatoms. The third-order valence-corrected chi connectivity index (χ3v) is 6.86. The maximum absolute atomic E-state index is 12.3. The first-order chi connectivity index (χ1) is 14.5. The van der Waals surface area contributed by atoms with Crippen LogP contribution in [0.2, 0.25) is 0 Å². The zero-order chi connectivity index (χ0) is 20.9. The highest BCUT2D eigenvalue weighted by Gasteiger charge is 2.11. The number of nitrogens with zero attached hydrogens (tertiary/aromatic N) is 3. The monoisotopic (exact) mass is 453 g/mol. The summed E-state index contributed by atoms with van der Waals surface area (Å²) in [6, 6.07) is 16.2. The molecule has 2 aromatic heterocycles. The fourth-order valence-electron chi connectivity index (χ4n) is 2.55. The summed E-state index contributed by atoms with van der Waals surface area (Å²) >= 11 is 4.19. The Balaban J connectivity index is 1.28. The van der Waals surface area contributed by atoms with Gasteiger partial charge in [0.05, 0.1) is 11.4 Å². The van der Waals surface area contributed by atoms with Gasteiger partial charge >= 0.3 is 0 Å². The van der Waals surface area contributed by atoms with Crippen LogP contribution in [0.25, 0.3) is 11.3 Å². The summed E-state index contributed by atoms with van der Waals surface area (Å²) in [5.74, 6) is 0.131. The number of carbonyl (C=O) groups excluding carboxylic acids is 1. The van der Waals surface area contributed by atoms with Crippen LogP contribution < -0.4 is 10.6 Å². The molecule has 2 N–H and O–H groups in total. The third-order valence-electron chi connectivity index (χ3n) is 4.13. The Hall–Kier alpha value is -2.75. The van der Waals surface area contributed by atoms with E-state index in [1.54, 1.807) is 0 Å². The Morgan fingerprint density at radius 1 is 0.967 bits per heavy atom. The van der Waals surface area contributed by atoms with Crippen molar-refractivity contribution in [1.82, 2.24) is 15.2 Å². The summed E-state index contributed by atoms with van der Waals surface area (Å²) in [5, 5.41) is 17.6. The summed E-state index contributed by atoms with van der Waals surface area (Å²) in [6.45, 7) is 4.09. The molecule has 0 aliphatic heterocycles. The zero-order valence-electron chi connectivity index (χ0n) is 16.4. The van der Waals surface area contributed by atoms with Crippen LogP contribution in [-0.2, 0) is 4.79 Å². The third kappa shape index (κ3) is 5.44. The number of hydrogen-bond donors (Lipinski definition) is 2. The van der Waals surface area contributed by atoms with E-state index in [4.69, 9.17) is 0 Å². The van der Waals surface area contributed by atoms with E-state index in [0.717, 1.165) is 21.3 Å². The quantitative estimate of drug-likeness (QED) is 0.347. The Morgan fingerprint density at radius 3 is 2.40 bits per heavy atom. The highest BCUT2D eigenvalue weighted by Crippen LogP contribution is 2.29. The van der Waals surface area contributed by atoms with Gasteiger partial charge < -0.3 is 10.6 Å². The molecule has 0 saturated carbocycles. The summed E-state index contributed by atoms with van der Waals surface area (Å²) in [4.78, 5) is 16.8. The van der Waals surface area contributed by atoms with Crippen LogP contribution in [0, 0.1) is 13.8 Å². The number of thioether (sulfide) groups is 1. The van der Waals surface area contributed by atoms with E-state index in [-0.39, 0.29) is 11.7 Å². The minimum atomic E-state index is -0.118. The predicted octanol–water partition coefficient (Wildman–Crippen LogP) is 5.75. The number of benzene rings is 2. The van der Waals surface area contributed by atoms with Crippen LogP contribution in [0.5, 0.6) is 0 Å². The minimum absolute atomic E-state index is 0.118. The fraction of sp³-hybridized carbons (Fsp3) is 0.143. The van der Waals surface area contributed by atoms with Gasteiger partial charge in [-0.3, -0.25) is 4.79 Å². The lowest BCUT2D eigenvalue weighted by atomic mass is 10.1. The topological polar surface area (TPSA) is 79.8 Å². The molecule has 30 heavy (non-hydrogen) atoms. The molecule has 2 heterocycles. The molecule has 0 fully saturated rings. The van der Waals surface area contributed by atoms with Gasteiger partial charge in [0.2, 0.25) is 11.0 Å². The molecular formula is C21H19N5OS3. The average Bonchev–Trinajstić information content (AvgIpc) is 3.38. The SMILES string of the molecule is Cc1ccc(Nc2nnc(SCC(=O)Nc3nc(-c4ccc(C)cc4)cs3)s2)cc1. The van der Waals surface area contributed by atoms with E-state index in [1.165, 1.54) is 45.6 Å². The summed E-state index contributed by atoms with van der Waals surface area (Å²) in [5.41, 5.74) is 5.26. The number of rotatable bonds is 7. The van der Waals surface area contributed by atoms with Crippen molar-refractivity contribution in [2.75, 3.05) is 16.4 Å². The van der Waals surface area contributed by atoms with Gasteiger partial charge in [-0.1, -0.05) is 70.6 Å². The Kier molecular flexibility index (Phi) is 6.41. The first-order valence-electron chi connectivity index (χ1n) is 9.17. The Labute approximate surface area is 186 Å². The van der Waals surface area contributed by atoms with Crippen LogP contribution in [-0.4, -0.2) is 26.8 Å². The molecule has 0 saturated heterocycles. The Bertz CT molecular complexity index is 1140. The number of nitrogens with one attached hydrogen (secondary N) is 2. The lowest BCUT2D eigenvalue weighted by molar-refractivity contribution is -0.113. The van der Waals surface area contributed by atoms with Gasteiger partial charge in [0.15, 0.2) is 9.47 Å². The molecule has 1 amide bonds. The molecule has 2 aromatic carbocycles. The van der Waals surface area contributed by atoms with Crippen LogP contribution >= 0.6 is 34.4 Å². The standard InChI is InChI=1S/C21H19N5OS3/c1-13-3-7-15(8-4-13)17-11-28-19(23-17)24-18(27)12-29-21-26-25-20(30-21)22-16-9-5-14(2)6-10-16/h3-11H,12H2,1-2H3,(H,22,25)(H,23,24,27). The maximum Gasteiger partial charge on any atom is 0.236 e. The van der Waals surface area contributed by atoms with Crippen molar-refractivity contribution in [2.24, 2.45) is 0 Å². The second kappa shape index (κ2) is 9.38. The van der Waals surface area contributed by atoms with Gasteiger partial charge in [0, 0.05) is 16.6 Å². The van der Waals surface area contributed by atoms with Crippen LogP contribution in [0.15, 0.2) is 58.3 Å². The van der Waals surface area contributed by atoms with Crippen molar-refractivity contribution >= 4 is 56.3 Å². The molecule has 0 bridgehead atoms. The highest BCUT2D eigenvalue weighted by molar-refractivity contribution is 8.01. The molecule has 152 valence electrons.